The van der Waals surface area contributed by atoms with Crippen LogP contribution in [0.3, 0.4) is 0 Å². The van der Waals surface area contributed by atoms with Crippen LogP contribution in [0.25, 0.3) is 0 Å². The summed E-state index contributed by atoms with van der Waals surface area (Å²) in [6.07, 6.45) is 2.12. The third kappa shape index (κ3) is 3.95. The maximum atomic E-state index is 11.3. The molecule has 0 aromatic heterocycles. The molecule has 2 aliphatic heterocycles. The zero-order valence-corrected chi connectivity index (χ0v) is 16.2. The van der Waals surface area contributed by atoms with Crippen LogP contribution in [0.5, 0.6) is 0 Å². The Kier molecular flexibility index (Phi) is 5.07. The van der Waals surface area contributed by atoms with Gasteiger partial charge in [-0.15, -0.1) is 0 Å². The van der Waals surface area contributed by atoms with E-state index in [2.05, 4.69) is 34.1 Å². The second kappa shape index (κ2) is 7.64. The van der Waals surface area contributed by atoms with Gasteiger partial charge in [0, 0.05) is 19.2 Å². The number of fused-ring (bicyclic) bond motifs is 1. The maximum Gasteiger partial charge on any atom is 0.221 e. The number of nitrogens with zero attached hydrogens (tertiary/aromatic N) is 1. The Hall–Kier alpha value is -2.47. The van der Waals surface area contributed by atoms with Crippen LogP contribution in [0.1, 0.15) is 25.3 Å². The molecule has 1 fully saturated rings. The summed E-state index contributed by atoms with van der Waals surface area (Å²) in [4.78, 5) is 16.3. The van der Waals surface area contributed by atoms with Gasteiger partial charge in [0.15, 0.2) is 0 Å². The van der Waals surface area contributed by atoms with Gasteiger partial charge in [0.05, 0.1) is 16.9 Å². The van der Waals surface area contributed by atoms with E-state index in [4.69, 9.17) is 4.99 Å². The summed E-state index contributed by atoms with van der Waals surface area (Å²) in [6.45, 7) is 2.20. The lowest BCUT2D eigenvalue weighted by atomic mass is 9.88. The number of amides is 1. The lowest BCUT2D eigenvalue weighted by Gasteiger charge is -2.42. The molecule has 0 bridgehead atoms. The highest BCUT2D eigenvalue weighted by Crippen LogP contribution is 2.39. The molecule has 4 rings (SSSR count). The Morgan fingerprint density at radius 2 is 2.00 bits per heavy atom. The number of carbonyl (C=O) groups excluding carboxylic acids is 1. The molecule has 0 radical (unpaired) electrons. The third-order valence-electron chi connectivity index (χ3n) is 5.02. The van der Waals surface area contributed by atoms with Gasteiger partial charge in [0.25, 0.3) is 0 Å². The molecule has 0 aliphatic carbocycles. The Morgan fingerprint density at radius 1 is 1.19 bits per heavy atom. The van der Waals surface area contributed by atoms with Crippen molar-refractivity contribution in [1.82, 2.24) is 5.32 Å². The molecule has 1 amide bonds. The largest absolute Gasteiger partial charge is 0.371 e. The van der Waals surface area contributed by atoms with Crippen molar-refractivity contribution in [3.63, 3.8) is 0 Å². The number of rotatable bonds is 3. The van der Waals surface area contributed by atoms with Gasteiger partial charge in [-0.3, -0.25) is 4.79 Å². The van der Waals surface area contributed by atoms with E-state index in [1.54, 1.807) is 0 Å². The van der Waals surface area contributed by atoms with E-state index in [1.165, 1.54) is 6.92 Å². The Morgan fingerprint density at radius 3 is 2.81 bits per heavy atom. The van der Waals surface area contributed by atoms with E-state index in [0.717, 1.165) is 52.8 Å². The van der Waals surface area contributed by atoms with Crippen molar-refractivity contribution in [3.05, 3.63) is 54.1 Å². The summed E-state index contributed by atoms with van der Waals surface area (Å²) >= 11 is 2.00. The van der Waals surface area contributed by atoms with Crippen LogP contribution in [0.4, 0.5) is 17.1 Å². The number of carbonyl (C=O) groups is 1. The number of thioether (sulfide) groups is 1. The highest BCUT2D eigenvalue weighted by molar-refractivity contribution is 7.99. The van der Waals surface area contributed by atoms with Crippen LogP contribution in [-0.4, -0.2) is 28.8 Å². The SMILES string of the molecule is CC(=O)Nc1cccc(CNC2=Nc3ccccc3NC23CCSCC3)c1. The van der Waals surface area contributed by atoms with Crippen LogP contribution >= 0.6 is 11.8 Å². The molecule has 0 saturated carbocycles. The monoisotopic (exact) mass is 380 g/mol. The van der Waals surface area contributed by atoms with Crippen molar-refractivity contribution >= 4 is 40.6 Å². The first-order valence-electron chi connectivity index (χ1n) is 9.29. The van der Waals surface area contributed by atoms with Gasteiger partial charge in [-0.2, -0.15) is 11.8 Å². The molecule has 2 aromatic rings. The standard InChI is InChI=1S/C21H24N4OS/c1-15(26)23-17-6-4-5-16(13-17)14-22-20-21(9-11-27-12-10-21)25-19-8-3-2-7-18(19)24-20/h2-8,13,25H,9-12,14H2,1H3,(H,22,24)(H,23,26). The van der Waals surface area contributed by atoms with E-state index < -0.39 is 0 Å². The molecule has 6 heteroatoms. The number of hydrogen-bond donors (Lipinski definition) is 3. The fourth-order valence-electron chi connectivity index (χ4n) is 3.66. The van der Waals surface area contributed by atoms with Crippen molar-refractivity contribution in [3.8, 4) is 0 Å². The topological polar surface area (TPSA) is 65.5 Å². The molecule has 140 valence electrons. The molecule has 27 heavy (non-hydrogen) atoms. The molecule has 3 N–H and O–H groups in total. The molecule has 2 aliphatic rings. The van der Waals surface area contributed by atoms with E-state index in [1.807, 2.05) is 42.1 Å². The van der Waals surface area contributed by atoms with Gasteiger partial charge < -0.3 is 16.0 Å². The number of para-hydroxylation sites is 2. The van der Waals surface area contributed by atoms with Gasteiger partial charge >= 0.3 is 0 Å². The fraction of sp³-hybridized carbons (Fsp3) is 0.333. The molecular formula is C21H24N4OS. The van der Waals surface area contributed by atoms with Crippen molar-refractivity contribution in [2.75, 3.05) is 22.1 Å². The first-order chi connectivity index (χ1) is 13.1. The Bertz CT molecular complexity index is 874. The normalized spacial score (nSPS) is 17.4. The lowest BCUT2D eigenvalue weighted by Crippen LogP contribution is -2.55. The summed E-state index contributed by atoms with van der Waals surface area (Å²) in [7, 11) is 0. The molecule has 2 heterocycles. The zero-order chi connectivity index (χ0) is 18.7. The first kappa shape index (κ1) is 17.9. The lowest BCUT2D eigenvalue weighted by molar-refractivity contribution is -0.114. The second-order valence-corrected chi connectivity index (χ2v) is 8.26. The van der Waals surface area contributed by atoms with Gasteiger partial charge in [-0.25, -0.2) is 4.99 Å². The van der Waals surface area contributed by atoms with Crippen molar-refractivity contribution < 1.29 is 4.79 Å². The Labute approximate surface area is 164 Å². The smallest absolute Gasteiger partial charge is 0.221 e. The van der Waals surface area contributed by atoms with Crippen LogP contribution in [0, 0.1) is 0 Å². The highest BCUT2D eigenvalue weighted by Gasteiger charge is 2.40. The third-order valence-corrected chi connectivity index (χ3v) is 6.00. The van der Waals surface area contributed by atoms with E-state index in [0.29, 0.717) is 6.54 Å². The quantitative estimate of drug-likeness (QED) is 0.748. The van der Waals surface area contributed by atoms with Crippen LogP contribution < -0.4 is 16.0 Å². The van der Waals surface area contributed by atoms with Crippen molar-refractivity contribution in [2.45, 2.75) is 31.8 Å². The van der Waals surface area contributed by atoms with Crippen LogP contribution in [-0.2, 0) is 11.3 Å². The summed E-state index contributed by atoms with van der Waals surface area (Å²) in [5.41, 5.74) is 3.91. The second-order valence-electron chi connectivity index (χ2n) is 7.03. The Balaban J connectivity index is 1.57. The number of nitrogens with one attached hydrogen (secondary N) is 3. The van der Waals surface area contributed by atoms with E-state index in [9.17, 15) is 4.79 Å². The minimum atomic E-state index is -0.116. The van der Waals surface area contributed by atoms with Gasteiger partial charge in [-0.05, 0) is 54.2 Å². The molecule has 1 spiro atoms. The summed E-state index contributed by atoms with van der Waals surface area (Å²) < 4.78 is 0. The number of anilines is 2. The molecule has 0 unspecified atom stereocenters. The number of amidine groups is 1. The van der Waals surface area contributed by atoms with Crippen LogP contribution in [0.15, 0.2) is 53.5 Å². The summed E-state index contributed by atoms with van der Waals surface area (Å²) in [5, 5.41) is 10.2. The minimum Gasteiger partial charge on any atom is -0.371 e. The van der Waals surface area contributed by atoms with Gasteiger partial charge in [-0.1, -0.05) is 24.3 Å². The van der Waals surface area contributed by atoms with Gasteiger partial charge in [0.1, 0.15) is 5.84 Å². The average Bonchev–Trinajstić information content (AvgIpc) is 2.67. The average molecular weight is 381 g/mol. The fourth-order valence-corrected chi connectivity index (χ4v) is 4.85. The minimum absolute atomic E-state index is 0.0590. The summed E-state index contributed by atoms with van der Waals surface area (Å²) in [5.74, 6) is 3.23. The number of benzene rings is 2. The predicted molar refractivity (Wildman–Crippen MR) is 114 cm³/mol. The molecular weight excluding hydrogens is 356 g/mol. The van der Waals surface area contributed by atoms with E-state index in [-0.39, 0.29) is 11.4 Å². The van der Waals surface area contributed by atoms with Crippen molar-refractivity contribution in [2.24, 2.45) is 4.99 Å². The molecule has 5 nitrogen and oxygen atoms in total. The van der Waals surface area contributed by atoms with Crippen molar-refractivity contribution in [1.29, 1.82) is 0 Å². The number of aliphatic imine (C=N–C) groups is 1. The first-order valence-corrected chi connectivity index (χ1v) is 10.4. The molecule has 0 atom stereocenters. The zero-order valence-electron chi connectivity index (χ0n) is 15.4. The van der Waals surface area contributed by atoms with E-state index >= 15 is 0 Å². The highest BCUT2D eigenvalue weighted by atomic mass is 32.2. The maximum absolute atomic E-state index is 11.3. The molecule has 1 saturated heterocycles. The summed E-state index contributed by atoms with van der Waals surface area (Å²) in [6, 6.07) is 16.2. The van der Waals surface area contributed by atoms with Gasteiger partial charge in [0.2, 0.25) is 5.91 Å². The number of hydrogen-bond acceptors (Lipinski definition) is 5. The van der Waals surface area contributed by atoms with Crippen LogP contribution in [0.2, 0.25) is 0 Å². The molecule has 2 aromatic carbocycles. The predicted octanol–water partition coefficient (Wildman–Crippen LogP) is 4.16.